The Balaban J connectivity index is 2.15. The topological polar surface area (TPSA) is 59.3 Å². The highest BCUT2D eigenvalue weighted by Gasteiger charge is 2.33. The Labute approximate surface area is 122 Å². The lowest BCUT2D eigenvalue weighted by Crippen LogP contribution is -2.45. The molecule has 0 aliphatic carbocycles. The van der Waals surface area contributed by atoms with Crippen molar-refractivity contribution in [2.75, 3.05) is 19.8 Å². The molecule has 1 saturated heterocycles. The summed E-state index contributed by atoms with van der Waals surface area (Å²) in [5, 5.41) is 18.5. The van der Waals surface area contributed by atoms with Crippen LogP contribution in [0.1, 0.15) is 32.4 Å². The molecule has 1 aromatic rings. The number of aryl methyl sites for hydroxylation is 1. The number of rotatable bonds is 5. The Morgan fingerprint density at radius 2 is 2.47 bits per heavy atom. The van der Waals surface area contributed by atoms with Gasteiger partial charge >= 0.3 is 0 Å². The maximum atomic E-state index is 10.8. The first-order chi connectivity index (χ1) is 9.04. The van der Waals surface area contributed by atoms with Gasteiger partial charge in [-0.25, -0.2) is 0 Å². The second kappa shape index (κ2) is 6.35. The van der Waals surface area contributed by atoms with Crippen LogP contribution in [0.5, 0.6) is 0 Å². The highest BCUT2D eigenvalue weighted by molar-refractivity contribution is 9.10. The van der Waals surface area contributed by atoms with E-state index in [1.165, 1.54) is 0 Å². The van der Waals surface area contributed by atoms with E-state index in [0.717, 1.165) is 36.3 Å². The summed E-state index contributed by atoms with van der Waals surface area (Å²) < 4.78 is 8.19. The summed E-state index contributed by atoms with van der Waals surface area (Å²) in [4.78, 5) is 0. The van der Waals surface area contributed by atoms with Gasteiger partial charge in [-0.3, -0.25) is 4.68 Å². The van der Waals surface area contributed by atoms with Crippen LogP contribution in [0.4, 0.5) is 0 Å². The second-order valence-electron chi connectivity index (χ2n) is 5.27. The molecule has 2 heterocycles. The van der Waals surface area contributed by atoms with E-state index in [1.807, 2.05) is 11.6 Å². The fourth-order valence-electron chi connectivity index (χ4n) is 2.61. The summed E-state index contributed by atoms with van der Waals surface area (Å²) in [5.41, 5.74) is -0.0789. The summed E-state index contributed by atoms with van der Waals surface area (Å²) in [6, 6.07) is 0.181. The van der Waals surface area contributed by atoms with Crippen LogP contribution in [-0.4, -0.2) is 40.7 Å². The third-order valence-electron chi connectivity index (χ3n) is 3.38. The summed E-state index contributed by atoms with van der Waals surface area (Å²) in [7, 11) is 0. The fraction of sp³-hybridized carbons (Fsp3) is 0.769. The first-order valence-corrected chi connectivity index (χ1v) is 7.59. The maximum absolute atomic E-state index is 10.8. The molecule has 0 aromatic carbocycles. The summed E-state index contributed by atoms with van der Waals surface area (Å²) in [6.07, 6.45) is 3.35. The number of halogens is 1. The average molecular weight is 332 g/mol. The molecule has 0 amide bonds. The van der Waals surface area contributed by atoms with E-state index in [2.05, 4.69) is 33.3 Å². The molecule has 5 nitrogen and oxygen atoms in total. The van der Waals surface area contributed by atoms with E-state index < -0.39 is 5.60 Å². The molecule has 1 aromatic heterocycles. The Hall–Kier alpha value is -0.430. The molecule has 1 aliphatic heterocycles. The van der Waals surface area contributed by atoms with Crippen LogP contribution >= 0.6 is 15.9 Å². The molecule has 0 radical (unpaired) electrons. The van der Waals surface area contributed by atoms with Gasteiger partial charge in [0.15, 0.2) is 0 Å². The Bertz CT molecular complexity index is 414. The number of hydrogen-bond acceptors (Lipinski definition) is 4. The molecule has 19 heavy (non-hydrogen) atoms. The number of nitrogens with zero attached hydrogens (tertiary/aromatic N) is 2. The van der Waals surface area contributed by atoms with Crippen LogP contribution in [0, 0.1) is 0 Å². The molecule has 2 rings (SSSR count). The second-order valence-corrected chi connectivity index (χ2v) is 6.12. The van der Waals surface area contributed by atoms with Gasteiger partial charge in [-0.15, -0.1) is 0 Å². The molecule has 0 spiro atoms. The van der Waals surface area contributed by atoms with Crippen molar-refractivity contribution >= 4 is 15.9 Å². The highest BCUT2D eigenvalue weighted by Crippen LogP contribution is 2.32. The largest absolute Gasteiger partial charge is 0.384 e. The molecular formula is C13H22BrN3O2. The molecule has 2 atom stereocenters. The summed E-state index contributed by atoms with van der Waals surface area (Å²) in [6.45, 7) is 7.00. The third kappa shape index (κ3) is 3.56. The Kier molecular flexibility index (Phi) is 5.00. The van der Waals surface area contributed by atoms with Crippen molar-refractivity contribution in [3.05, 3.63) is 16.4 Å². The molecule has 2 N–H and O–H groups in total. The number of aliphatic hydroxyl groups is 1. The van der Waals surface area contributed by atoms with Gasteiger partial charge < -0.3 is 15.2 Å². The van der Waals surface area contributed by atoms with Gasteiger partial charge in [-0.1, -0.05) is 6.92 Å². The van der Waals surface area contributed by atoms with Gasteiger partial charge in [0.25, 0.3) is 0 Å². The third-order valence-corrected chi connectivity index (χ3v) is 3.96. The average Bonchev–Trinajstić information content (AvgIpc) is 2.72. The molecule has 1 fully saturated rings. The van der Waals surface area contributed by atoms with Gasteiger partial charge in [0, 0.05) is 19.1 Å². The zero-order chi connectivity index (χ0) is 13.9. The smallest absolute Gasteiger partial charge is 0.106 e. The van der Waals surface area contributed by atoms with E-state index in [9.17, 15) is 5.11 Å². The molecule has 0 saturated carbocycles. The van der Waals surface area contributed by atoms with Crippen molar-refractivity contribution in [3.8, 4) is 0 Å². The van der Waals surface area contributed by atoms with Crippen LogP contribution in [0.2, 0.25) is 0 Å². The normalized spacial score (nSPS) is 23.3. The molecule has 1 aliphatic rings. The Morgan fingerprint density at radius 3 is 3.11 bits per heavy atom. The van der Waals surface area contributed by atoms with Crippen molar-refractivity contribution in [1.82, 2.24) is 15.1 Å². The van der Waals surface area contributed by atoms with Crippen LogP contribution in [0.25, 0.3) is 0 Å². The minimum atomic E-state index is -0.928. The molecule has 0 bridgehead atoms. The van der Waals surface area contributed by atoms with Crippen LogP contribution in [0.3, 0.4) is 0 Å². The van der Waals surface area contributed by atoms with Gasteiger partial charge in [-0.2, -0.15) is 5.10 Å². The lowest BCUT2D eigenvalue weighted by atomic mass is 9.93. The zero-order valence-corrected chi connectivity index (χ0v) is 13.1. The summed E-state index contributed by atoms with van der Waals surface area (Å²) >= 11 is 3.49. The number of ether oxygens (including phenoxy) is 1. The predicted molar refractivity (Wildman–Crippen MR) is 77.0 cm³/mol. The zero-order valence-electron chi connectivity index (χ0n) is 11.5. The highest BCUT2D eigenvalue weighted by atomic mass is 79.9. The summed E-state index contributed by atoms with van der Waals surface area (Å²) in [5.74, 6) is 0. The standard InChI is InChI=1S/C13H22BrN3O2/c1-3-5-17-12(11(14)8-16-17)13(2,18)7-10-9-19-6-4-15-10/h8,10,15,18H,3-7,9H2,1-2H3. The van der Waals surface area contributed by atoms with Crippen molar-refractivity contribution in [2.24, 2.45) is 0 Å². The van der Waals surface area contributed by atoms with Gasteiger partial charge in [0.05, 0.1) is 29.6 Å². The predicted octanol–water partition coefficient (Wildman–Crippen LogP) is 1.64. The van der Waals surface area contributed by atoms with Crippen LogP contribution in [0.15, 0.2) is 10.7 Å². The minimum absolute atomic E-state index is 0.181. The van der Waals surface area contributed by atoms with Crippen molar-refractivity contribution in [3.63, 3.8) is 0 Å². The Morgan fingerprint density at radius 1 is 1.68 bits per heavy atom. The lowest BCUT2D eigenvalue weighted by Gasteiger charge is -2.32. The van der Waals surface area contributed by atoms with E-state index in [-0.39, 0.29) is 6.04 Å². The van der Waals surface area contributed by atoms with E-state index in [0.29, 0.717) is 13.0 Å². The van der Waals surface area contributed by atoms with E-state index in [1.54, 1.807) is 6.20 Å². The quantitative estimate of drug-likeness (QED) is 0.861. The van der Waals surface area contributed by atoms with Gasteiger partial charge in [0.1, 0.15) is 5.60 Å². The minimum Gasteiger partial charge on any atom is -0.384 e. The van der Waals surface area contributed by atoms with Crippen LogP contribution in [-0.2, 0) is 16.9 Å². The maximum Gasteiger partial charge on any atom is 0.106 e. The van der Waals surface area contributed by atoms with Crippen molar-refractivity contribution < 1.29 is 9.84 Å². The number of morpholine rings is 1. The number of aromatic nitrogens is 2. The molecular weight excluding hydrogens is 310 g/mol. The van der Waals surface area contributed by atoms with Gasteiger partial charge in [-0.05, 0) is 35.7 Å². The monoisotopic (exact) mass is 331 g/mol. The van der Waals surface area contributed by atoms with Crippen molar-refractivity contribution in [2.45, 2.75) is 44.9 Å². The number of nitrogens with one attached hydrogen (secondary N) is 1. The lowest BCUT2D eigenvalue weighted by molar-refractivity contribution is -0.00291. The van der Waals surface area contributed by atoms with Gasteiger partial charge in [0.2, 0.25) is 0 Å². The molecule has 6 heteroatoms. The van der Waals surface area contributed by atoms with E-state index in [4.69, 9.17) is 4.74 Å². The first-order valence-electron chi connectivity index (χ1n) is 6.80. The molecule has 2 unspecified atom stereocenters. The number of hydrogen-bond donors (Lipinski definition) is 2. The SMILES string of the molecule is CCCn1ncc(Br)c1C(C)(O)CC1COCCN1. The first kappa shape index (κ1) is 15.0. The van der Waals surface area contributed by atoms with Crippen LogP contribution < -0.4 is 5.32 Å². The van der Waals surface area contributed by atoms with E-state index >= 15 is 0 Å². The fourth-order valence-corrected chi connectivity index (χ4v) is 3.33. The molecule has 108 valence electrons. The van der Waals surface area contributed by atoms with Crippen molar-refractivity contribution in [1.29, 1.82) is 0 Å².